The van der Waals surface area contributed by atoms with Crippen LogP contribution in [0, 0.1) is 6.92 Å². The van der Waals surface area contributed by atoms with E-state index in [2.05, 4.69) is 9.97 Å². The molecule has 12 heavy (non-hydrogen) atoms. The van der Waals surface area contributed by atoms with Crippen molar-refractivity contribution < 1.29 is 4.79 Å². The molecule has 0 aliphatic heterocycles. The Labute approximate surface area is 69.4 Å². The van der Waals surface area contributed by atoms with Crippen LogP contribution in [0.1, 0.15) is 16.2 Å². The summed E-state index contributed by atoms with van der Waals surface area (Å²) in [6, 6.07) is 5.65. The Hall–Kier alpha value is -1.64. The molecule has 0 saturated heterocycles. The maximum absolute atomic E-state index is 10.4. The summed E-state index contributed by atoms with van der Waals surface area (Å²) < 4.78 is 0. The maximum Gasteiger partial charge on any atom is 0.166 e. The van der Waals surface area contributed by atoms with Crippen molar-refractivity contribution in [2.24, 2.45) is 0 Å². The molecule has 0 bridgehead atoms. The number of aromatic nitrogens is 2. The molecular weight excluding hydrogens is 152 g/mol. The van der Waals surface area contributed by atoms with Crippen LogP contribution >= 0.6 is 0 Å². The molecular formula is C9H8N2O. The van der Waals surface area contributed by atoms with Gasteiger partial charge in [0.05, 0.1) is 5.69 Å². The third-order valence-corrected chi connectivity index (χ3v) is 1.77. The standard InChI is InChI=1S/C9H8N2O/c1-6-2-3-7-4-8(5-12)11-9(7)10-6/h2-5H,1H3,(H,10,11). The van der Waals surface area contributed by atoms with Crippen LogP contribution in [-0.2, 0) is 0 Å². The number of nitrogens with zero attached hydrogens (tertiary/aromatic N) is 1. The van der Waals surface area contributed by atoms with Gasteiger partial charge in [-0.05, 0) is 25.1 Å². The van der Waals surface area contributed by atoms with Crippen molar-refractivity contribution in [3.8, 4) is 0 Å². The van der Waals surface area contributed by atoms with Gasteiger partial charge in [-0.15, -0.1) is 0 Å². The topological polar surface area (TPSA) is 45.8 Å². The van der Waals surface area contributed by atoms with Gasteiger partial charge in [0, 0.05) is 11.1 Å². The molecule has 3 nitrogen and oxygen atoms in total. The molecule has 0 atom stereocenters. The number of aryl methyl sites for hydroxylation is 1. The van der Waals surface area contributed by atoms with Gasteiger partial charge in [-0.2, -0.15) is 0 Å². The van der Waals surface area contributed by atoms with Crippen molar-refractivity contribution in [2.45, 2.75) is 6.92 Å². The SMILES string of the molecule is Cc1ccc2cc(C=O)[nH]c2n1. The van der Waals surface area contributed by atoms with E-state index in [1.165, 1.54) is 0 Å². The Balaban J connectivity index is 2.75. The number of rotatable bonds is 1. The molecule has 2 aromatic rings. The fourth-order valence-corrected chi connectivity index (χ4v) is 1.19. The molecule has 0 saturated carbocycles. The molecule has 0 amide bonds. The second-order valence-electron chi connectivity index (χ2n) is 2.73. The number of aldehydes is 1. The first-order valence-corrected chi connectivity index (χ1v) is 3.71. The van der Waals surface area contributed by atoms with E-state index in [0.717, 1.165) is 23.0 Å². The monoisotopic (exact) mass is 160 g/mol. The summed E-state index contributed by atoms with van der Waals surface area (Å²) in [6.45, 7) is 1.92. The van der Waals surface area contributed by atoms with Crippen LogP contribution in [0.2, 0.25) is 0 Å². The van der Waals surface area contributed by atoms with Gasteiger partial charge in [-0.25, -0.2) is 4.98 Å². The lowest BCUT2D eigenvalue weighted by molar-refractivity contribution is 0.112. The molecule has 2 rings (SSSR count). The Morgan fingerprint density at radius 2 is 2.33 bits per heavy atom. The zero-order valence-corrected chi connectivity index (χ0v) is 6.66. The van der Waals surface area contributed by atoms with Gasteiger partial charge < -0.3 is 4.98 Å². The van der Waals surface area contributed by atoms with Crippen molar-refractivity contribution in [3.63, 3.8) is 0 Å². The predicted octanol–water partition coefficient (Wildman–Crippen LogP) is 1.68. The van der Waals surface area contributed by atoms with E-state index in [1.807, 2.05) is 19.1 Å². The Morgan fingerprint density at radius 1 is 1.50 bits per heavy atom. The average molecular weight is 160 g/mol. The lowest BCUT2D eigenvalue weighted by atomic mass is 10.3. The molecule has 3 heteroatoms. The Kier molecular flexibility index (Phi) is 1.43. The summed E-state index contributed by atoms with van der Waals surface area (Å²) >= 11 is 0. The molecule has 0 aromatic carbocycles. The van der Waals surface area contributed by atoms with Crippen molar-refractivity contribution in [2.75, 3.05) is 0 Å². The zero-order valence-electron chi connectivity index (χ0n) is 6.66. The molecule has 0 fully saturated rings. The van der Waals surface area contributed by atoms with E-state index in [0.29, 0.717) is 5.69 Å². The van der Waals surface area contributed by atoms with Crippen LogP contribution in [-0.4, -0.2) is 16.3 Å². The number of carbonyl (C=O) groups is 1. The first kappa shape index (κ1) is 7.03. The molecule has 60 valence electrons. The number of pyridine rings is 1. The quantitative estimate of drug-likeness (QED) is 0.645. The van der Waals surface area contributed by atoms with Crippen molar-refractivity contribution in [3.05, 3.63) is 29.6 Å². The van der Waals surface area contributed by atoms with E-state index in [4.69, 9.17) is 0 Å². The largest absolute Gasteiger partial charge is 0.337 e. The number of fused-ring (bicyclic) bond motifs is 1. The predicted molar refractivity (Wildman–Crippen MR) is 46.2 cm³/mol. The van der Waals surface area contributed by atoms with Crippen LogP contribution in [0.4, 0.5) is 0 Å². The Bertz CT molecular complexity index is 431. The van der Waals surface area contributed by atoms with Crippen molar-refractivity contribution >= 4 is 17.3 Å². The highest BCUT2D eigenvalue weighted by Gasteiger charge is 1.99. The van der Waals surface area contributed by atoms with Crippen LogP contribution in [0.15, 0.2) is 18.2 Å². The number of carbonyl (C=O) groups excluding carboxylic acids is 1. The Morgan fingerprint density at radius 3 is 3.08 bits per heavy atom. The van der Waals surface area contributed by atoms with Crippen molar-refractivity contribution in [1.82, 2.24) is 9.97 Å². The van der Waals surface area contributed by atoms with E-state index in [-0.39, 0.29) is 0 Å². The van der Waals surface area contributed by atoms with Crippen LogP contribution in [0.3, 0.4) is 0 Å². The first-order valence-electron chi connectivity index (χ1n) is 3.71. The zero-order chi connectivity index (χ0) is 8.55. The number of nitrogens with one attached hydrogen (secondary N) is 1. The highest BCUT2D eigenvalue weighted by atomic mass is 16.1. The molecule has 0 aliphatic carbocycles. The minimum absolute atomic E-state index is 0.572. The van der Waals surface area contributed by atoms with E-state index < -0.39 is 0 Å². The molecule has 1 N–H and O–H groups in total. The van der Waals surface area contributed by atoms with Gasteiger partial charge in [-0.1, -0.05) is 0 Å². The van der Waals surface area contributed by atoms with Crippen LogP contribution in [0.5, 0.6) is 0 Å². The van der Waals surface area contributed by atoms with Crippen LogP contribution in [0.25, 0.3) is 11.0 Å². The highest BCUT2D eigenvalue weighted by Crippen LogP contribution is 2.12. The number of hydrogen-bond donors (Lipinski definition) is 1. The van der Waals surface area contributed by atoms with Gasteiger partial charge in [0.1, 0.15) is 5.65 Å². The van der Waals surface area contributed by atoms with Gasteiger partial charge in [0.25, 0.3) is 0 Å². The lowest BCUT2D eigenvalue weighted by Crippen LogP contribution is -1.81. The summed E-state index contributed by atoms with van der Waals surface area (Å²) in [5, 5.41) is 0.975. The average Bonchev–Trinajstić information content (AvgIpc) is 2.46. The molecule has 0 spiro atoms. The second-order valence-corrected chi connectivity index (χ2v) is 2.73. The van der Waals surface area contributed by atoms with Crippen LogP contribution < -0.4 is 0 Å². The van der Waals surface area contributed by atoms with Gasteiger partial charge in [0.15, 0.2) is 6.29 Å². The summed E-state index contributed by atoms with van der Waals surface area (Å²) in [4.78, 5) is 17.5. The maximum atomic E-state index is 10.4. The minimum atomic E-state index is 0.572. The molecule has 2 aromatic heterocycles. The third-order valence-electron chi connectivity index (χ3n) is 1.77. The normalized spacial score (nSPS) is 10.4. The fourth-order valence-electron chi connectivity index (χ4n) is 1.19. The lowest BCUT2D eigenvalue weighted by Gasteiger charge is -1.89. The molecule has 0 radical (unpaired) electrons. The third kappa shape index (κ3) is 0.993. The highest BCUT2D eigenvalue weighted by molar-refractivity contribution is 5.85. The second kappa shape index (κ2) is 2.44. The summed E-state index contributed by atoms with van der Waals surface area (Å²) in [5.41, 5.74) is 2.29. The number of aromatic amines is 1. The fraction of sp³-hybridized carbons (Fsp3) is 0.111. The van der Waals surface area contributed by atoms with E-state index in [9.17, 15) is 4.79 Å². The molecule has 0 aliphatic rings. The number of hydrogen-bond acceptors (Lipinski definition) is 2. The summed E-state index contributed by atoms with van der Waals surface area (Å²) in [6.07, 6.45) is 0.789. The van der Waals surface area contributed by atoms with E-state index >= 15 is 0 Å². The van der Waals surface area contributed by atoms with Gasteiger partial charge in [-0.3, -0.25) is 4.79 Å². The minimum Gasteiger partial charge on any atom is -0.337 e. The first-order chi connectivity index (χ1) is 5.79. The van der Waals surface area contributed by atoms with E-state index in [1.54, 1.807) is 6.07 Å². The van der Waals surface area contributed by atoms with Gasteiger partial charge in [0.2, 0.25) is 0 Å². The van der Waals surface area contributed by atoms with Crippen molar-refractivity contribution in [1.29, 1.82) is 0 Å². The molecule has 0 unspecified atom stereocenters. The number of H-pyrrole nitrogens is 1. The van der Waals surface area contributed by atoms with Gasteiger partial charge >= 0.3 is 0 Å². The summed E-state index contributed by atoms with van der Waals surface area (Å²) in [5.74, 6) is 0. The smallest absolute Gasteiger partial charge is 0.166 e. The molecule has 2 heterocycles. The summed E-state index contributed by atoms with van der Waals surface area (Å²) in [7, 11) is 0.